The van der Waals surface area contributed by atoms with Gasteiger partial charge in [0.05, 0.1) is 23.9 Å². The third-order valence-corrected chi connectivity index (χ3v) is 9.50. The van der Waals surface area contributed by atoms with Gasteiger partial charge in [0.2, 0.25) is 15.9 Å². The molecule has 0 saturated carbocycles. The molecule has 4 rings (SSSR count). The summed E-state index contributed by atoms with van der Waals surface area (Å²) in [5.41, 5.74) is 0.692. The van der Waals surface area contributed by atoms with Gasteiger partial charge in [0.1, 0.15) is 0 Å². The Morgan fingerprint density at radius 1 is 1.09 bits per heavy atom. The summed E-state index contributed by atoms with van der Waals surface area (Å²) in [6.45, 7) is 7.32. The van der Waals surface area contributed by atoms with E-state index in [9.17, 15) is 13.2 Å². The number of likely N-dealkylation sites (tertiary alicyclic amines) is 1. The molecule has 192 valence electrons. The number of benzene rings is 1. The minimum Gasteiger partial charge on any atom is -0.379 e. The largest absolute Gasteiger partial charge is 0.379 e. The number of carbonyl (C=O) groups excluding carboxylic acids is 1. The molecule has 2 fully saturated rings. The second kappa shape index (κ2) is 11.9. The maximum Gasteiger partial charge on any atom is 0.243 e. The van der Waals surface area contributed by atoms with E-state index < -0.39 is 10.0 Å². The number of aromatic nitrogens is 3. The molecule has 2 aromatic rings. The summed E-state index contributed by atoms with van der Waals surface area (Å²) in [4.78, 5) is 15.0. The van der Waals surface area contributed by atoms with Crippen LogP contribution in [-0.2, 0) is 19.6 Å². The number of nitrogens with zero attached hydrogens (tertiary/aromatic N) is 5. The first-order valence-electron chi connectivity index (χ1n) is 12.5. The third-order valence-electron chi connectivity index (χ3n) is 6.68. The van der Waals surface area contributed by atoms with Gasteiger partial charge in [-0.25, -0.2) is 8.42 Å². The van der Waals surface area contributed by atoms with Crippen LogP contribution in [0.3, 0.4) is 0 Å². The van der Waals surface area contributed by atoms with E-state index in [0.717, 1.165) is 32.4 Å². The molecule has 3 heterocycles. The molecule has 2 saturated heterocycles. The fraction of sp³-hybridized carbons (Fsp3) is 0.625. The first-order valence-corrected chi connectivity index (χ1v) is 14.9. The van der Waals surface area contributed by atoms with Gasteiger partial charge >= 0.3 is 0 Å². The lowest BCUT2D eigenvalue weighted by Gasteiger charge is -2.26. The van der Waals surface area contributed by atoms with Crippen molar-refractivity contribution >= 4 is 27.7 Å². The summed E-state index contributed by atoms with van der Waals surface area (Å²) in [7, 11) is -3.62. The quantitative estimate of drug-likeness (QED) is 0.491. The lowest BCUT2D eigenvalue weighted by atomic mass is 10.2. The Morgan fingerprint density at radius 2 is 1.80 bits per heavy atom. The molecule has 0 N–H and O–H groups in total. The molecule has 1 amide bonds. The fourth-order valence-electron chi connectivity index (χ4n) is 4.42. The van der Waals surface area contributed by atoms with E-state index in [2.05, 4.69) is 24.0 Å². The number of carbonyl (C=O) groups is 1. The number of ether oxygens (including phenoxy) is 1. The van der Waals surface area contributed by atoms with E-state index in [1.807, 2.05) is 15.5 Å². The number of rotatable bonds is 8. The predicted octanol–water partition coefficient (Wildman–Crippen LogP) is 3.43. The summed E-state index contributed by atoms with van der Waals surface area (Å²) in [5, 5.41) is 9.52. The topological polar surface area (TPSA) is 97.6 Å². The molecule has 0 spiro atoms. The van der Waals surface area contributed by atoms with Crippen molar-refractivity contribution in [3.63, 3.8) is 0 Å². The van der Waals surface area contributed by atoms with Gasteiger partial charge in [-0.15, -0.1) is 10.2 Å². The van der Waals surface area contributed by atoms with Gasteiger partial charge in [-0.3, -0.25) is 9.36 Å². The van der Waals surface area contributed by atoms with Crippen molar-refractivity contribution in [2.24, 2.45) is 0 Å². The fourth-order valence-corrected chi connectivity index (χ4v) is 6.82. The second-order valence-electron chi connectivity index (χ2n) is 9.06. The third kappa shape index (κ3) is 6.07. The molecule has 1 aromatic heterocycles. The summed E-state index contributed by atoms with van der Waals surface area (Å²) in [6, 6.07) is 6.99. The van der Waals surface area contributed by atoms with Crippen molar-refractivity contribution in [3.05, 3.63) is 24.3 Å². The zero-order chi connectivity index (χ0) is 24.8. The normalized spacial score (nSPS) is 18.9. The van der Waals surface area contributed by atoms with E-state index >= 15 is 0 Å². The van der Waals surface area contributed by atoms with Crippen molar-refractivity contribution in [2.45, 2.75) is 62.0 Å². The number of hydrogen-bond donors (Lipinski definition) is 0. The van der Waals surface area contributed by atoms with Crippen molar-refractivity contribution < 1.29 is 17.9 Å². The van der Waals surface area contributed by atoms with Crippen molar-refractivity contribution in [3.8, 4) is 11.4 Å². The molecule has 1 aromatic carbocycles. The van der Waals surface area contributed by atoms with Crippen LogP contribution in [0.2, 0.25) is 0 Å². The molecule has 0 aliphatic carbocycles. The van der Waals surface area contributed by atoms with Crippen molar-refractivity contribution in [2.75, 3.05) is 45.1 Å². The first-order chi connectivity index (χ1) is 16.9. The van der Waals surface area contributed by atoms with E-state index in [0.29, 0.717) is 48.6 Å². The smallest absolute Gasteiger partial charge is 0.243 e. The standard InChI is InChI=1S/C24H35N5O4S2/c1-3-19(2)29-23(25-26-24(29)34-18-22(30)27-11-6-4-5-7-12-27)20-9-8-10-21(17-20)35(31,32)28-13-15-33-16-14-28/h8-10,17,19H,3-7,11-16,18H2,1-2H3. The molecule has 2 aliphatic heterocycles. The molecule has 0 bridgehead atoms. The highest BCUT2D eigenvalue weighted by atomic mass is 32.2. The minimum absolute atomic E-state index is 0.0929. The van der Waals surface area contributed by atoms with Gasteiger partial charge in [0.25, 0.3) is 0 Å². The van der Waals surface area contributed by atoms with Crippen LogP contribution in [0.15, 0.2) is 34.3 Å². The van der Waals surface area contributed by atoms with Crippen LogP contribution >= 0.6 is 11.8 Å². The number of thioether (sulfide) groups is 1. The molecule has 11 heteroatoms. The van der Waals surface area contributed by atoms with Gasteiger partial charge in [-0.1, -0.05) is 43.7 Å². The molecule has 9 nitrogen and oxygen atoms in total. The highest BCUT2D eigenvalue weighted by Gasteiger charge is 2.28. The predicted molar refractivity (Wildman–Crippen MR) is 136 cm³/mol. The maximum atomic E-state index is 13.2. The number of amides is 1. The Kier molecular flexibility index (Phi) is 8.85. The van der Waals surface area contributed by atoms with Crippen LogP contribution in [0.1, 0.15) is 52.0 Å². The van der Waals surface area contributed by atoms with Crippen LogP contribution in [-0.4, -0.2) is 83.4 Å². The molecule has 1 atom stereocenters. The average Bonchev–Trinajstić information content (AvgIpc) is 3.12. The average molecular weight is 522 g/mol. The van der Waals surface area contributed by atoms with Crippen LogP contribution < -0.4 is 0 Å². The molecule has 2 aliphatic rings. The van der Waals surface area contributed by atoms with Gasteiger partial charge in [-0.05, 0) is 38.3 Å². The summed E-state index contributed by atoms with van der Waals surface area (Å²) in [6.07, 6.45) is 5.34. The minimum atomic E-state index is -3.62. The van der Waals surface area contributed by atoms with Gasteiger partial charge in [0, 0.05) is 37.8 Å². The zero-order valence-corrected chi connectivity index (χ0v) is 22.2. The lowest BCUT2D eigenvalue weighted by molar-refractivity contribution is -0.128. The van der Waals surface area contributed by atoms with Crippen molar-refractivity contribution in [1.29, 1.82) is 0 Å². The highest BCUT2D eigenvalue weighted by Crippen LogP contribution is 2.31. The maximum absolute atomic E-state index is 13.2. The Hall–Kier alpha value is -1.95. The van der Waals surface area contributed by atoms with Crippen LogP contribution in [0.4, 0.5) is 0 Å². The van der Waals surface area contributed by atoms with E-state index in [-0.39, 0.29) is 16.8 Å². The molecular weight excluding hydrogens is 486 g/mol. The summed E-state index contributed by atoms with van der Waals surface area (Å²) >= 11 is 1.41. The highest BCUT2D eigenvalue weighted by molar-refractivity contribution is 7.99. The SMILES string of the molecule is CCC(C)n1c(SCC(=O)N2CCCCCC2)nnc1-c1cccc(S(=O)(=O)N2CCOCC2)c1. The second-order valence-corrected chi connectivity index (χ2v) is 11.9. The van der Waals surface area contributed by atoms with Crippen LogP contribution in [0, 0.1) is 0 Å². The van der Waals surface area contributed by atoms with E-state index in [1.165, 1.54) is 28.9 Å². The molecule has 0 radical (unpaired) electrons. The zero-order valence-electron chi connectivity index (χ0n) is 20.6. The van der Waals surface area contributed by atoms with Gasteiger partial charge in [0.15, 0.2) is 11.0 Å². The van der Waals surface area contributed by atoms with Gasteiger partial charge < -0.3 is 9.64 Å². The Balaban J connectivity index is 1.57. The van der Waals surface area contributed by atoms with Crippen LogP contribution in [0.5, 0.6) is 0 Å². The molecule has 1 unspecified atom stereocenters. The van der Waals surface area contributed by atoms with Crippen LogP contribution in [0.25, 0.3) is 11.4 Å². The molecule has 35 heavy (non-hydrogen) atoms. The first kappa shape index (κ1) is 26.1. The van der Waals surface area contributed by atoms with Gasteiger partial charge in [-0.2, -0.15) is 4.31 Å². The Bertz CT molecular complexity index is 1110. The monoisotopic (exact) mass is 521 g/mol. The van der Waals surface area contributed by atoms with E-state index in [1.54, 1.807) is 18.2 Å². The lowest BCUT2D eigenvalue weighted by Crippen LogP contribution is -2.40. The van der Waals surface area contributed by atoms with E-state index in [4.69, 9.17) is 4.74 Å². The number of hydrogen-bond acceptors (Lipinski definition) is 7. The molecular formula is C24H35N5O4S2. The Morgan fingerprint density at radius 3 is 2.49 bits per heavy atom. The number of sulfonamides is 1. The Labute approximate surface area is 212 Å². The van der Waals surface area contributed by atoms with Crippen molar-refractivity contribution in [1.82, 2.24) is 24.0 Å². The summed E-state index contributed by atoms with van der Waals surface area (Å²) < 4.78 is 35.2. The summed E-state index contributed by atoms with van der Waals surface area (Å²) in [5.74, 6) is 1.07. The number of morpholine rings is 1.